The molecule has 0 aliphatic rings. The van der Waals surface area contributed by atoms with Gasteiger partial charge >= 0.3 is 0 Å². The van der Waals surface area contributed by atoms with Gasteiger partial charge in [0, 0.05) is 28.8 Å². The van der Waals surface area contributed by atoms with Crippen LogP contribution in [0.15, 0.2) is 34.7 Å². The molecular weight excluding hydrogens is 300 g/mol. The van der Waals surface area contributed by atoms with Crippen LogP contribution < -0.4 is 5.43 Å². The van der Waals surface area contributed by atoms with Crippen LogP contribution in [0.4, 0.5) is 10.8 Å². The molecule has 0 saturated heterocycles. The van der Waals surface area contributed by atoms with Crippen molar-refractivity contribution < 1.29 is 4.92 Å². The van der Waals surface area contributed by atoms with Gasteiger partial charge in [0.2, 0.25) is 5.13 Å². The van der Waals surface area contributed by atoms with Gasteiger partial charge in [0.05, 0.1) is 10.6 Å². The molecule has 0 fully saturated rings. The highest BCUT2D eigenvalue weighted by Gasteiger charge is 2.09. The maximum Gasteiger partial charge on any atom is 0.270 e. The summed E-state index contributed by atoms with van der Waals surface area (Å²) < 4.78 is 0. The van der Waals surface area contributed by atoms with E-state index >= 15 is 0 Å². The van der Waals surface area contributed by atoms with E-state index in [9.17, 15) is 10.1 Å². The van der Waals surface area contributed by atoms with Crippen molar-refractivity contribution in [2.24, 2.45) is 11.0 Å². The van der Waals surface area contributed by atoms with E-state index in [4.69, 9.17) is 0 Å². The number of hydrogen-bond donors (Lipinski definition) is 1. The molecule has 0 atom stereocenters. The van der Waals surface area contributed by atoms with E-state index in [0.29, 0.717) is 16.7 Å². The zero-order valence-electron chi connectivity index (χ0n) is 12.7. The summed E-state index contributed by atoms with van der Waals surface area (Å²) >= 11 is 1.42. The van der Waals surface area contributed by atoms with Gasteiger partial charge in [-0.3, -0.25) is 15.5 Å². The normalized spacial score (nSPS) is 11.7. The quantitative estimate of drug-likeness (QED) is 0.481. The van der Waals surface area contributed by atoms with Crippen molar-refractivity contribution in [2.75, 3.05) is 5.43 Å². The SMILES string of the molecule is C/C(CC(C)C)=N/Nc1nc(-c2cccc([N+](=O)[O-])c2)cs1. The number of nitro benzene ring substituents is 1. The molecule has 0 aliphatic heterocycles. The minimum Gasteiger partial charge on any atom is -0.258 e. The van der Waals surface area contributed by atoms with E-state index in [1.54, 1.807) is 12.1 Å². The molecular formula is C15H18N4O2S. The van der Waals surface area contributed by atoms with E-state index in [0.717, 1.165) is 17.7 Å². The molecule has 0 bridgehead atoms. The van der Waals surface area contributed by atoms with Crippen LogP contribution in [0.2, 0.25) is 0 Å². The standard InChI is InChI=1S/C15H18N4O2S/c1-10(2)7-11(3)17-18-15-16-14(9-22-15)12-5-4-6-13(8-12)19(20)21/h4-6,8-10H,7H2,1-3H3,(H,16,18)/b17-11-. The van der Waals surface area contributed by atoms with Gasteiger partial charge < -0.3 is 0 Å². The zero-order chi connectivity index (χ0) is 16.1. The summed E-state index contributed by atoms with van der Waals surface area (Å²) in [6, 6.07) is 6.45. The summed E-state index contributed by atoms with van der Waals surface area (Å²) in [4.78, 5) is 14.8. The Balaban J connectivity index is 2.11. The Bertz CT molecular complexity index is 694. The van der Waals surface area contributed by atoms with Crippen molar-refractivity contribution in [1.29, 1.82) is 0 Å². The first-order valence-corrected chi connectivity index (χ1v) is 7.83. The lowest BCUT2D eigenvalue weighted by Gasteiger charge is -2.03. The summed E-state index contributed by atoms with van der Waals surface area (Å²) in [6.45, 7) is 6.26. The number of rotatable bonds is 6. The van der Waals surface area contributed by atoms with Crippen molar-refractivity contribution in [2.45, 2.75) is 27.2 Å². The highest BCUT2D eigenvalue weighted by molar-refractivity contribution is 7.14. The van der Waals surface area contributed by atoms with Gasteiger partial charge in [-0.15, -0.1) is 11.3 Å². The van der Waals surface area contributed by atoms with Gasteiger partial charge in [0.25, 0.3) is 5.69 Å². The molecule has 0 unspecified atom stereocenters. The van der Waals surface area contributed by atoms with E-state index in [1.807, 2.05) is 12.3 Å². The molecule has 0 saturated carbocycles. The lowest BCUT2D eigenvalue weighted by atomic mass is 10.1. The molecule has 7 heteroatoms. The second-order valence-electron chi connectivity index (χ2n) is 5.40. The third-order valence-electron chi connectivity index (χ3n) is 2.90. The number of benzene rings is 1. The fourth-order valence-corrected chi connectivity index (χ4v) is 2.68. The topological polar surface area (TPSA) is 80.4 Å². The number of non-ortho nitro benzene ring substituents is 1. The summed E-state index contributed by atoms with van der Waals surface area (Å²) in [7, 11) is 0. The second-order valence-corrected chi connectivity index (χ2v) is 6.26. The highest BCUT2D eigenvalue weighted by Crippen LogP contribution is 2.27. The van der Waals surface area contributed by atoms with Crippen LogP contribution in [0.25, 0.3) is 11.3 Å². The van der Waals surface area contributed by atoms with Gasteiger partial charge in [0.1, 0.15) is 0 Å². The molecule has 2 aromatic rings. The van der Waals surface area contributed by atoms with E-state index < -0.39 is 4.92 Å². The molecule has 1 aromatic carbocycles. The summed E-state index contributed by atoms with van der Waals surface area (Å²) in [5, 5.41) is 17.6. The predicted molar refractivity (Wildman–Crippen MR) is 90.4 cm³/mol. The maximum atomic E-state index is 10.8. The molecule has 0 radical (unpaired) electrons. The summed E-state index contributed by atoms with van der Waals surface area (Å²) in [6.07, 6.45) is 0.927. The Morgan fingerprint density at radius 3 is 2.95 bits per heavy atom. The number of nitro groups is 1. The first kappa shape index (κ1) is 16.1. The largest absolute Gasteiger partial charge is 0.270 e. The van der Waals surface area contributed by atoms with Crippen LogP contribution in [0.1, 0.15) is 27.2 Å². The van der Waals surface area contributed by atoms with Crippen LogP contribution in [-0.2, 0) is 0 Å². The molecule has 22 heavy (non-hydrogen) atoms. The molecule has 0 spiro atoms. The molecule has 0 amide bonds. The number of aromatic nitrogens is 1. The highest BCUT2D eigenvalue weighted by atomic mass is 32.1. The smallest absolute Gasteiger partial charge is 0.258 e. The Morgan fingerprint density at radius 1 is 1.50 bits per heavy atom. The fraction of sp³-hybridized carbons (Fsp3) is 0.333. The second kappa shape index (κ2) is 7.13. The number of nitrogens with zero attached hydrogens (tertiary/aromatic N) is 3. The molecule has 0 aliphatic carbocycles. The van der Waals surface area contributed by atoms with Crippen LogP contribution >= 0.6 is 11.3 Å². The molecule has 1 N–H and O–H groups in total. The number of nitrogens with one attached hydrogen (secondary N) is 1. The monoisotopic (exact) mass is 318 g/mol. The van der Waals surface area contributed by atoms with E-state index in [1.165, 1.54) is 23.5 Å². The third kappa shape index (κ3) is 4.36. The predicted octanol–water partition coefficient (Wildman–Crippen LogP) is 4.55. The van der Waals surface area contributed by atoms with Gasteiger partial charge in [-0.25, -0.2) is 4.98 Å². The van der Waals surface area contributed by atoms with Crippen molar-refractivity contribution in [1.82, 2.24) is 4.98 Å². The summed E-state index contributed by atoms with van der Waals surface area (Å²) in [5.41, 5.74) is 5.44. The van der Waals surface area contributed by atoms with Crippen LogP contribution in [0.3, 0.4) is 0 Å². The van der Waals surface area contributed by atoms with Crippen LogP contribution in [0, 0.1) is 16.0 Å². The zero-order valence-corrected chi connectivity index (χ0v) is 13.6. The van der Waals surface area contributed by atoms with Crippen molar-refractivity contribution >= 4 is 27.9 Å². The van der Waals surface area contributed by atoms with Crippen molar-refractivity contribution in [3.63, 3.8) is 0 Å². The summed E-state index contributed by atoms with van der Waals surface area (Å²) in [5.74, 6) is 0.558. The minimum absolute atomic E-state index is 0.0609. The lowest BCUT2D eigenvalue weighted by Crippen LogP contribution is -2.01. The Hall–Kier alpha value is -2.28. The molecule has 1 heterocycles. The molecule has 2 rings (SSSR count). The minimum atomic E-state index is -0.408. The average Bonchev–Trinajstić information content (AvgIpc) is 2.93. The lowest BCUT2D eigenvalue weighted by molar-refractivity contribution is -0.384. The van der Waals surface area contributed by atoms with E-state index in [-0.39, 0.29) is 5.69 Å². The number of thiazole rings is 1. The first-order valence-electron chi connectivity index (χ1n) is 6.95. The van der Waals surface area contributed by atoms with Gasteiger partial charge in [0.15, 0.2) is 0 Å². The van der Waals surface area contributed by atoms with E-state index in [2.05, 4.69) is 29.4 Å². The number of anilines is 1. The maximum absolute atomic E-state index is 10.8. The van der Waals surface area contributed by atoms with Crippen LogP contribution in [-0.4, -0.2) is 15.6 Å². The van der Waals surface area contributed by atoms with Gasteiger partial charge in [-0.05, 0) is 19.3 Å². The molecule has 116 valence electrons. The van der Waals surface area contributed by atoms with Crippen LogP contribution in [0.5, 0.6) is 0 Å². The number of hydrazone groups is 1. The average molecular weight is 318 g/mol. The first-order chi connectivity index (χ1) is 10.5. The van der Waals surface area contributed by atoms with Crippen molar-refractivity contribution in [3.8, 4) is 11.3 Å². The Kier molecular flexibility index (Phi) is 5.21. The van der Waals surface area contributed by atoms with Gasteiger partial charge in [-0.2, -0.15) is 5.10 Å². The number of hydrogen-bond acceptors (Lipinski definition) is 6. The molecule has 1 aromatic heterocycles. The Labute approximate surface area is 133 Å². The fourth-order valence-electron chi connectivity index (χ4n) is 2.02. The Morgan fingerprint density at radius 2 is 2.27 bits per heavy atom. The van der Waals surface area contributed by atoms with Crippen molar-refractivity contribution in [3.05, 3.63) is 39.8 Å². The molecule has 6 nitrogen and oxygen atoms in total. The van der Waals surface area contributed by atoms with Gasteiger partial charge in [-0.1, -0.05) is 26.0 Å². The third-order valence-corrected chi connectivity index (χ3v) is 3.65.